The number of nitrogens with zero attached hydrogens (tertiary/aromatic N) is 2. The predicted molar refractivity (Wildman–Crippen MR) is 157 cm³/mol. The van der Waals surface area contributed by atoms with E-state index in [4.69, 9.17) is 11.6 Å². The number of likely N-dealkylation sites (N-methyl/N-ethyl adjacent to an activating group) is 1. The Kier molecular flexibility index (Phi) is 9.80. The standard InChI is InChI=1S/C30H36ClN3O4S/c1-30(2,3)24-15-17-25(18-16-24)34(39(5,37)38)21-28(35)33(20-23-13-9-10-14-26(23)31)27(29(36)32-4)19-22-11-7-6-8-12-22/h6-18,27H,19-21H2,1-5H3,(H,32,36)/t27-/m0/s1. The van der Waals surface area contributed by atoms with Crippen LogP contribution in [-0.2, 0) is 38.0 Å². The van der Waals surface area contributed by atoms with Crippen LogP contribution in [0.3, 0.4) is 0 Å². The number of benzene rings is 3. The van der Waals surface area contributed by atoms with Crippen LogP contribution in [0.2, 0.25) is 5.02 Å². The second-order valence-corrected chi connectivity index (χ2v) is 12.8. The number of rotatable bonds is 10. The molecule has 3 aromatic carbocycles. The third-order valence-electron chi connectivity index (χ3n) is 6.52. The number of nitrogens with one attached hydrogen (secondary N) is 1. The summed E-state index contributed by atoms with van der Waals surface area (Å²) in [6.07, 6.45) is 1.31. The van der Waals surface area contributed by atoms with Crippen LogP contribution in [0.5, 0.6) is 0 Å². The quantitative estimate of drug-likeness (QED) is 0.380. The summed E-state index contributed by atoms with van der Waals surface area (Å²) in [5.74, 6) is -0.885. The van der Waals surface area contributed by atoms with Crippen molar-refractivity contribution in [2.24, 2.45) is 0 Å². The number of hydrogen-bond donors (Lipinski definition) is 1. The molecule has 0 aliphatic heterocycles. The summed E-state index contributed by atoms with van der Waals surface area (Å²) >= 11 is 6.43. The Balaban J connectivity index is 2.03. The van der Waals surface area contributed by atoms with Crippen molar-refractivity contribution in [2.75, 3.05) is 24.2 Å². The first-order valence-electron chi connectivity index (χ1n) is 12.7. The van der Waals surface area contributed by atoms with E-state index in [1.165, 1.54) is 11.9 Å². The highest BCUT2D eigenvalue weighted by Gasteiger charge is 2.33. The maximum Gasteiger partial charge on any atom is 0.244 e. The van der Waals surface area contributed by atoms with Crippen molar-refractivity contribution in [3.63, 3.8) is 0 Å². The van der Waals surface area contributed by atoms with Crippen LogP contribution >= 0.6 is 11.6 Å². The first kappa shape index (κ1) is 30.2. The molecule has 208 valence electrons. The van der Waals surface area contributed by atoms with Crippen LogP contribution in [-0.4, -0.2) is 51.0 Å². The molecule has 0 radical (unpaired) electrons. The summed E-state index contributed by atoms with van der Waals surface area (Å²) in [5, 5.41) is 3.11. The second-order valence-electron chi connectivity index (χ2n) is 10.5. The normalized spacial score (nSPS) is 12.5. The van der Waals surface area contributed by atoms with E-state index in [0.29, 0.717) is 16.3 Å². The summed E-state index contributed by atoms with van der Waals surface area (Å²) in [6, 6.07) is 22.7. The molecule has 0 heterocycles. The molecule has 0 bridgehead atoms. The van der Waals surface area contributed by atoms with Crippen molar-refractivity contribution >= 4 is 39.1 Å². The molecule has 1 N–H and O–H groups in total. The Hall–Kier alpha value is -3.36. The SMILES string of the molecule is CNC(=O)[C@H](Cc1ccccc1)N(Cc1ccccc1Cl)C(=O)CN(c1ccc(C(C)(C)C)cc1)S(C)(=O)=O. The van der Waals surface area contributed by atoms with Crippen molar-refractivity contribution in [1.29, 1.82) is 0 Å². The van der Waals surface area contributed by atoms with Crippen LogP contribution in [0, 0.1) is 0 Å². The van der Waals surface area contributed by atoms with Crippen molar-refractivity contribution in [1.82, 2.24) is 10.2 Å². The third-order valence-corrected chi connectivity index (χ3v) is 8.03. The molecular weight excluding hydrogens is 534 g/mol. The van der Waals surface area contributed by atoms with Crippen LogP contribution in [0.4, 0.5) is 5.69 Å². The van der Waals surface area contributed by atoms with Crippen molar-refractivity contribution in [3.05, 3.63) is 101 Å². The minimum Gasteiger partial charge on any atom is -0.357 e. The summed E-state index contributed by atoms with van der Waals surface area (Å²) in [4.78, 5) is 28.5. The molecule has 3 aromatic rings. The van der Waals surface area contributed by atoms with Gasteiger partial charge in [-0.05, 0) is 40.3 Å². The van der Waals surface area contributed by atoms with Gasteiger partial charge in [0.15, 0.2) is 0 Å². The van der Waals surface area contributed by atoms with Gasteiger partial charge in [-0.1, -0.05) is 93.0 Å². The number of hydrogen-bond acceptors (Lipinski definition) is 4. The average Bonchev–Trinajstić information content (AvgIpc) is 2.89. The zero-order chi connectivity index (χ0) is 28.8. The first-order valence-corrected chi connectivity index (χ1v) is 14.9. The fraction of sp³-hybridized carbons (Fsp3) is 0.333. The Morgan fingerprint density at radius 1 is 0.923 bits per heavy atom. The molecule has 0 aliphatic carbocycles. The lowest BCUT2D eigenvalue weighted by Gasteiger charge is -2.33. The van der Waals surface area contributed by atoms with E-state index >= 15 is 0 Å². The van der Waals surface area contributed by atoms with E-state index in [1.54, 1.807) is 36.4 Å². The maximum absolute atomic E-state index is 14.0. The summed E-state index contributed by atoms with van der Waals surface area (Å²) in [5.41, 5.74) is 2.80. The molecule has 3 rings (SSSR count). The molecule has 0 unspecified atom stereocenters. The number of sulfonamides is 1. The van der Waals surface area contributed by atoms with Gasteiger partial charge in [-0.3, -0.25) is 13.9 Å². The first-order chi connectivity index (χ1) is 18.3. The van der Waals surface area contributed by atoms with Crippen molar-refractivity contribution in [2.45, 2.75) is 45.2 Å². The third kappa shape index (κ3) is 8.07. The molecule has 0 fully saturated rings. The van der Waals surface area contributed by atoms with Gasteiger partial charge in [0, 0.05) is 25.0 Å². The second kappa shape index (κ2) is 12.7. The number of carbonyl (C=O) groups excluding carboxylic acids is 2. The Morgan fingerprint density at radius 3 is 2.05 bits per heavy atom. The highest BCUT2D eigenvalue weighted by Crippen LogP contribution is 2.27. The van der Waals surface area contributed by atoms with Gasteiger partial charge >= 0.3 is 0 Å². The summed E-state index contributed by atoms with van der Waals surface area (Å²) in [7, 11) is -2.32. The average molecular weight is 570 g/mol. The number of halogens is 1. The summed E-state index contributed by atoms with van der Waals surface area (Å²) < 4.78 is 26.9. The molecule has 0 saturated heterocycles. The minimum absolute atomic E-state index is 0.0317. The van der Waals surface area contributed by atoms with Gasteiger partial charge < -0.3 is 10.2 Å². The van der Waals surface area contributed by atoms with E-state index in [0.717, 1.165) is 21.7 Å². The zero-order valence-electron chi connectivity index (χ0n) is 23.0. The smallest absolute Gasteiger partial charge is 0.244 e. The maximum atomic E-state index is 14.0. The lowest BCUT2D eigenvalue weighted by molar-refractivity contribution is -0.139. The van der Waals surface area contributed by atoms with E-state index in [1.807, 2.05) is 42.5 Å². The zero-order valence-corrected chi connectivity index (χ0v) is 24.6. The van der Waals surface area contributed by atoms with Crippen LogP contribution in [0.25, 0.3) is 0 Å². The Morgan fingerprint density at radius 2 is 1.51 bits per heavy atom. The molecular formula is C30H36ClN3O4S. The van der Waals surface area contributed by atoms with E-state index < -0.39 is 28.5 Å². The molecule has 0 aliphatic rings. The Labute approximate surface area is 236 Å². The van der Waals surface area contributed by atoms with Crippen molar-refractivity contribution < 1.29 is 18.0 Å². The van der Waals surface area contributed by atoms with Gasteiger partial charge in [0.1, 0.15) is 12.6 Å². The largest absolute Gasteiger partial charge is 0.357 e. The van der Waals surface area contributed by atoms with Crippen LogP contribution in [0.15, 0.2) is 78.9 Å². The van der Waals surface area contributed by atoms with Gasteiger partial charge in [-0.25, -0.2) is 8.42 Å². The minimum atomic E-state index is -3.83. The molecule has 39 heavy (non-hydrogen) atoms. The molecule has 9 heteroatoms. The monoisotopic (exact) mass is 569 g/mol. The number of anilines is 1. The highest BCUT2D eigenvalue weighted by molar-refractivity contribution is 7.92. The van der Waals surface area contributed by atoms with Crippen LogP contribution in [0.1, 0.15) is 37.5 Å². The Bertz CT molecular complexity index is 1390. The molecule has 0 aromatic heterocycles. The lowest BCUT2D eigenvalue weighted by Crippen LogP contribution is -2.52. The van der Waals surface area contributed by atoms with Crippen LogP contribution < -0.4 is 9.62 Å². The van der Waals surface area contributed by atoms with E-state index in [-0.39, 0.29) is 24.3 Å². The molecule has 0 saturated carbocycles. The van der Waals surface area contributed by atoms with E-state index in [9.17, 15) is 18.0 Å². The molecule has 7 nitrogen and oxygen atoms in total. The molecule has 2 amide bonds. The van der Waals surface area contributed by atoms with Crippen molar-refractivity contribution in [3.8, 4) is 0 Å². The van der Waals surface area contributed by atoms with E-state index in [2.05, 4.69) is 26.1 Å². The lowest BCUT2D eigenvalue weighted by atomic mass is 9.87. The van der Waals surface area contributed by atoms with Gasteiger partial charge in [0.2, 0.25) is 21.8 Å². The molecule has 0 spiro atoms. The van der Waals surface area contributed by atoms with Gasteiger partial charge in [0.05, 0.1) is 11.9 Å². The summed E-state index contributed by atoms with van der Waals surface area (Å²) in [6.45, 7) is 5.76. The number of amides is 2. The fourth-order valence-electron chi connectivity index (χ4n) is 4.27. The molecule has 1 atom stereocenters. The highest BCUT2D eigenvalue weighted by atomic mass is 35.5. The van der Waals surface area contributed by atoms with Gasteiger partial charge in [-0.2, -0.15) is 0 Å². The predicted octanol–water partition coefficient (Wildman–Crippen LogP) is 4.79. The topological polar surface area (TPSA) is 86.8 Å². The fourth-order valence-corrected chi connectivity index (χ4v) is 5.32. The number of carbonyl (C=O) groups is 2. The van der Waals surface area contributed by atoms with Gasteiger partial charge in [-0.15, -0.1) is 0 Å². The van der Waals surface area contributed by atoms with Gasteiger partial charge in [0.25, 0.3) is 0 Å².